The van der Waals surface area contributed by atoms with E-state index in [-0.39, 0.29) is 12.1 Å². The first-order valence-corrected chi connectivity index (χ1v) is 7.16. The van der Waals surface area contributed by atoms with Crippen molar-refractivity contribution in [3.8, 4) is 17.3 Å². The maximum Gasteiger partial charge on any atom is 0.123 e. The van der Waals surface area contributed by atoms with Crippen molar-refractivity contribution in [2.75, 3.05) is 0 Å². The van der Waals surface area contributed by atoms with Gasteiger partial charge in [0.05, 0.1) is 29.6 Å². The highest BCUT2D eigenvalue weighted by Crippen LogP contribution is 2.29. The first-order chi connectivity index (χ1) is 11.6. The van der Waals surface area contributed by atoms with E-state index >= 15 is 0 Å². The monoisotopic (exact) mass is 325 g/mol. The van der Waals surface area contributed by atoms with Crippen molar-refractivity contribution in [1.29, 1.82) is 5.26 Å². The van der Waals surface area contributed by atoms with Gasteiger partial charge in [0.2, 0.25) is 0 Å². The first-order valence-electron chi connectivity index (χ1n) is 7.16. The lowest BCUT2D eigenvalue weighted by Crippen LogP contribution is -2.02. The fourth-order valence-corrected chi connectivity index (χ4v) is 2.14. The Balaban J connectivity index is 2.42. The van der Waals surface area contributed by atoms with E-state index < -0.39 is 11.9 Å². The third-order valence-electron chi connectivity index (χ3n) is 3.27. The number of halogens is 1. The highest BCUT2D eigenvalue weighted by atomic mass is 19.1. The van der Waals surface area contributed by atoms with E-state index in [1.54, 1.807) is 13.0 Å². The summed E-state index contributed by atoms with van der Waals surface area (Å²) in [6, 6.07) is 6.01. The number of nitrogens with two attached hydrogens (primary N) is 1. The van der Waals surface area contributed by atoms with Crippen LogP contribution in [0.5, 0.6) is 0 Å². The number of rotatable bonds is 5. The van der Waals surface area contributed by atoms with Gasteiger partial charge in [-0.2, -0.15) is 5.26 Å². The second kappa shape index (κ2) is 7.94. The van der Waals surface area contributed by atoms with Gasteiger partial charge in [-0.25, -0.2) is 4.39 Å². The predicted octanol–water partition coefficient (Wildman–Crippen LogP) is 2.27. The number of nitrogens with zero attached hydrogens (tertiary/aromatic N) is 4. The molecule has 0 radical (unpaired) electrons. The molecule has 0 spiro atoms. The Hall–Kier alpha value is -3.11. The summed E-state index contributed by atoms with van der Waals surface area (Å²) in [7, 11) is 0. The highest BCUT2D eigenvalue weighted by molar-refractivity contribution is 5.83. The van der Waals surface area contributed by atoms with Gasteiger partial charge < -0.3 is 10.8 Å². The molecule has 122 valence electrons. The molecule has 0 saturated heterocycles. The van der Waals surface area contributed by atoms with Crippen molar-refractivity contribution in [3.05, 3.63) is 59.4 Å². The Morgan fingerprint density at radius 3 is 2.88 bits per heavy atom. The molecule has 0 amide bonds. The summed E-state index contributed by atoms with van der Waals surface area (Å²) in [4.78, 5) is 12.7. The van der Waals surface area contributed by atoms with Crippen LogP contribution in [0.25, 0.3) is 11.3 Å². The number of hydrogen-bond donors (Lipinski definition) is 2. The van der Waals surface area contributed by atoms with Crippen molar-refractivity contribution < 1.29 is 9.50 Å². The molecule has 7 heteroatoms. The van der Waals surface area contributed by atoms with Crippen LogP contribution in [0.2, 0.25) is 0 Å². The zero-order valence-corrected chi connectivity index (χ0v) is 13.0. The SMILES string of the molecule is CC(O)c1cc(F)ccc1-c1nccnc1CN=CC(C#N)=CN. The fourth-order valence-electron chi connectivity index (χ4n) is 2.14. The van der Waals surface area contributed by atoms with Crippen molar-refractivity contribution in [1.82, 2.24) is 9.97 Å². The van der Waals surface area contributed by atoms with Gasteiger partial charge in [0.25, 0.3) is 0 Å². The van der Waals surface area contributed by atoms with Crippen molar-refractivity contribution in [3.63, 3.8) is 0 Å². The van der Waals surface area contributed by atoms with E-state index in [1.807, 2.05) is 6.07 Å². The minimum atomic E-state index is -0.862. The molecule has 0 bridgehead atoms. The van der Waals surface area contributed by atoms with Gasteiger partial charge in [-0.15, -0.1) is 0 Å². The van der Waals surface area contributed by atoms with E-state index in [1.165, 1.54) is 30.7 Å². The number of aliphatic hydroxyl groups excluding tert-OH is 1. The van der Waals surface area contributed by atoms with Crippen LogP contribution in [0.15, 0.2) is 47.4 Å². The van der Waals surface area contributed by atoms with Gasteiger partial charge in [0.1, 0.15) is 11.9 Å². The van der Waals surface area contributed by atoms with E-state index in [0.29, 0.717) is 22.5 Å². The van der Waals surface area contributed by atoms with E-state index in [0.717, 1.165) is 6.20 Å². The molecule has 2 aromatic rings. The zero-order valence-electron chi connectivity index (χ0n) is 13.0. The maximum absolute atomic E-state index is 13.5. The molecule has 1 aromatic heterocycles. The number of hydrogen-bond acceptors (Lipinski definition) is 6. The van der Waals surface area contributed by atoms with Crippen LogP contribution in [-0.2, 0) is 6.54 Å². The largest absolute Gasteiger partial charge is 0.403 e. The van der Waals surface area contributed by atoms with Crippen molar-refractivity contribution >= 4 is 6.21 Å². The summed E-state index contributed by atoms with van der Waals surface area (Å²) in [5, 5.41) is 18.7. The molecule has 1 unspecified atom stereocenters. The highest BCUT2D eigenvalue weighted by Gasteiger charge is 2.15. The molecule has 0 aliphatic rings. The maximum atomic E-state index is 13.5. The van der Waals surface area contributed by atoms with Crippen LogP contribution in [-0.4, -0.2) is 21.3 Å². The fraction of sp³-hybridized carbons (Fsp3) is 0.176. The number of benzene rings is 1. The molecule has 24 heavy (non-hydrogen) atoms. The quantitative estimate of drug-likeness (QED) is 0.647. The predicted molar refractivity (Wildman–Crippen MR) is 88.1 cm³/mol. The number of aromatic nitrogens is 2. The lowest BCUT2D eigenvalue weighted by Gasteiger charge is -2.13. The summed E-state index contributed by atoms with van der Waals surface area (Å²) in [5.41, 5.74) is 7.55. The molecule has 0 aliphatic carbocycles. The lowest BCUT2D eigenvalue weighted by atomic mass is 9.99. The van der Waals surface area contributed by atoms with E-state index in [9.17, 15) is 9.50 Å². The summed E-state index contributed by atoms with van der Waals surface area (Å²) in [6.07, 6.45) is 4.67. The molecular weight excluding hydrogens is 309 g/mol. The number of allylic oxidation sites excluding steroid dienone is 1. The van der Waals surface area contributed by atoms with Crippen LogP contribution in [0.3, 0.4) is 0 Å². The first kappa shape index (κ1) is 17.2. The normalized spacial score (nSPS) is 13.0. The van der Waals surface area contributed by atoms with Crippen molar-refractivity contribution in [2.45, 2.75) is 19.6 Å². The van der Waals surface area contributed by atoms with Crippen molar-refractivity contribution in [2.24, 2.45) is 10.7 Å². The summed E-state index contributed by atoms with van der Waals surface area (Å²) < 4.78 is 13.5. The number of nitriles is 1. The number of aliphatic hydroxyl groups is 1. The average molecular weight is 325 g/mol. The molecule has 1 atom stereocenters. The Labute approximate surface area is 138 Å². The van der Waals surface area contributed by atoms with E-state index in [4.69, 9.17) is 11.0 Å². The Bertz CT molecular complexity index is 824. The van der Waals surface area contributed by atoms with Crippen LogP contribution in [0.1, 0.15) is 24.3 Å². The smallest absolute Gasteiger partial charge is 0.123 e. The van der Waals surface area contributed by atoms with Gasteiger partial charge in [-0.1, -0.05) is 0 Å². The molecule has 6 nitrogen and oxygen atoms in total. The molecular formula is C17H16FN5O. The minimum absolute atomic E-state index is 0.165. The lowest BCUT2D eigenvalue weighted by molar-refractivity contribution is 0.199. The summed E-state index contributed by atoms with van der Waals surface area (Å²) >= 11 is 0. The molecule has 0 fully saturated rings. The topological polar surface area (TPSA) is 108 Å². The second-order valence-electron chi connectivity index (χ2n) is 4.96. The molecule has 0 aliphatic heterocycles. The van der Waals surface area contributed by atoms with Gasteiger partial charge >= 0.3 is 0 Å². The van der Waals surface area contributed by atoms with E-state index in [2.05, 4.69) is 15.0 Å². The number of aliphatic imine (C=N–C) groups is 1. The van der Waals surface area contributed by atoms with Crippen LogP contribution in [0.4, 0.5) is 4.39 Å². The Morgan fingerprint density at radius 2 is 2.21 bits per heavy atom. The van der Waals surface area contributed by atoms with Crippen LogP contribution >= 0.6 is 0 Å². The molecule has 2 rings (SSSR count). The molecule has 1 aromatic carbocycles. The van der Waals surface area contributed by atoms with Gasteiger partial charge in [-0.3, -0.25) is 15.0 Å². The zero-order chi connectivity index (χ0) is 17.5. The summed E-state index contributed by atoms with van der Waals surface area (Å²) in [6.45, 7) is 1.72. The molecule has 0 saturated carbocycles. The third kappa shape index (κ3) is 4.00. The molecule has 1 heterocycles. The Kier molecular flexibility index (Phi) is 5.71. The standard InChI is InChI=1S/C17H16FN5O/c1-11(24)15-6-13(18)2-3-14(15)17-16(22-4-5-23-17)10-21-9-12(7-19)8-20/h2-7,9,11,24H,10,19H2,1H3. The third-order valence-corrected chi connectivity index (χ3v) is 3.27. The van der Waals surface area contributed by atoms with Gasteiger partial charge in [-0.05, 0) is 30.7 Å². The second-order valence-corrected chi connectivity index (χ2v) is 4.96. The van der Waals surface area contributed by atoms with Crippen LogP contribution < -0.4 is 5.73 Å². The Morgan fingerprint density at radius 1 is 1.46 bits per heavy atom. The van der Waals surface area contributed by atoms with Gasteiger partial charge in [0, 0.05) is 30.4 Å². The van der Waals surface area contributed by atoms with Gasteiger partial charge in [0.15, 0.2) is 0 Å². The van der Waals surface area contributed by atoms with Crippen LogP contribution in [0, 0.1) is 17.1 Å². The summed E-state index contributed by atoms with van der Waals surface area (Å²) in [5.74, 6) is -0.440. The average Bonchev–Trinajstić information content (AvgIpc) is 2.59. The minimum Gasteiger partial charge on any atom is -0.403 e. The molecule has 3 N–H and O–H groups in total.